The number of nitrogens with zero attached hydrogens (tertiary/aromatic N) is 1. The first-order valence-corrected chi connectivity index (χ1v) is 9.00. The van der Waals surface area contributed by atoms with Gasteiger partial charge in [0.2, 0.25) is 10.0 Å². The fourth-order valence-electron chi connectivity index (χ4n) is 2.81. The molecule has 2 rings (SSSR count). The third-order valence-corrected chi connectivity index (χ3v) is 6.39. The van der Waals surface area contributed by atoms with Crippen LogP contribution in [-0.2, 0) is 15.9 Å². The Morgan fingerprint density at radius 1 is 1.25 bits per heavy atom. The quantitative estimate of drug-likeness (QED) is 0.802. The third-order valence-electron chi connectivity index (χ3n) is 4.03. The van der Waals surface area contributed by atoms with Crippen LogP contribution in [-0.4, -0.2) is 25.8 Å². The van der Waals surface area contributed by atoms with Crippen molar-refractivity contribution in [1.82, 2.24) is 4.31 Å². The maximum Gasteiger partial charge on any atom is 0.246 e. The van der Waals surface area contributed by atoms with Crippen molar-refractivity contribution in [3.8, 4) is 0 Å². The van der Waals surface area contributed by atoms with Gasteiger partial charge in [-0.2, -0.15) is 4.31 Å². The summed E-state index contributed by atoms with van der Waals surface area (Å²) in [5.74, 6) is 1.77. The lowest BCUT2D eigenvalue weighted by Crippen LogP contribution is -2.32. The van der Waals surface area contributed by atoms with E-state index in [9.17, 15) is 8.42 Å². The monoisotopic (exact) mass is 319 g/mol. The van der Waals surface area contributed by atoms with E-state index in [1.165, 1.54) is 0 Å². The fourth-order valence-corrected chi connectivity index (χ4v) is 5.11. The summed E-state index contributed by atoms with van der Waals surface area (Å²) >= 11 is 5.91. The molecule has 0 amide bonds. The zero-order valence-electron chi connectivity index (χ0n) is 12.3. The maximum absolute atomic E-state index is 12.9. The molecule has 4 nitrogen and oxygen atoms in total. The van der Waals surface area contributed by atoms with E-state index in [0.29, 0.717) is 36.1 Å². The van der Waals surface area contributed by atoms with Gasteiger partial charge in [0.05, 0.1) is 5.88 Å². The molecule has 1 aromatic rings. The smallest absolute Gasteiger partial charge is 0.246 e. The van der Waals surface area contributed by atoms with Crippen LogP contribution in [0.3, 0.4) is 0 Å². The van der Waals surface area contributed by atoms with E-state index in [4.69, 9.17) is 16.0 Å². The van der Waals surface area contributed by atoms with Gasteiger partial charge < -0.3 is 4.42 Å². The topological polar surface area (TPSA) is 50.5 Å². The van der Waals surface area contributed by atoms with Crippen LogP contribution in [0.4, 0.5) is 0 Å². The minimum Gasteiger partial charge on any atom is -0.465 e. The van der Waals surface area contributed by atoms with Crippen LogP contribution < -0.4 is 0 Å². The molecule has 0 saturated carbocycles. The predicted octanol–water partition coefficient (Wildman–Crippen LogP) is 3.45. The molecular weight excluding hydrogens is 298 g/mol. The number of aryl methyl sites for hydroxylation is 2. The Morgan fingerprint density at radius 2 is 1.95 bits per heavy atom. The lowest BCUT2D eigenvalue weighted by molar-refractivity contribution is 0.414. The highest BCUT2D eigenvalue weighted by Gasteiger charge is 2.32. The lowest BCUT2D eigenvalue weighted by Gasteiger charge is -2.20. The Labute approximate surface area is 126 Å². The van der Waals surface area contributed by atoms with Crippen molar-refractivity contribution in [2.24, 2.45) is 5.92 Å². The standard InChI is InChI=1S/C14H22ClNO3S/c1-10-5-4-7-16(8-6-10)20(17,18)14-12(3)19-11(2)13(14)9-15/h10H,4-9H2,1-3H3. The summed E-state index contributed by atoms with van der Waals surface area (Å²) < 4.78 is 32.8. The van der Waals surface area contributed by atoms with Crippen LogP contribution in [0.1, 0.15) is 43.3 Å². The van der Waals surface area contributed by atoms with E-state index in [-0.39, 0.29) is 10.8 Å². The van der Waals surface area contributed by atoms with Gasteiger partial charge in [-0.1, -0.05) is 6.92 Å². The van der Waals surface area contributed by atoms with Crippen molar-refractivity contribution in [3.63, 3.8) is 0 Å². The zero-order valence-corrected chi connectivity index (χ0v) is 13.9. The predicted molar refractivity (Wildman–Crippen MR) is 79.5 cm³/mol. The molecule has 114 valence electrons. The Morgan fingerprint density at radius 3 is 2.60 bits per heavy atom. The number of rotatable bonds is 3. The Kier molecular flexibility index (Phi) is 4.82. The largest absolute Gasteiger partial charge is 0.465 e. The normalized spacial score (nSPS) is 21.9. The molecule has 0 radical (unpaired) electrons. The number of hydrogen-bond donors (Lipinski definition) is 0. The summed E-state index contributed by atoms with van der Waals surface area (Å²) in [7, 11) is -3.51. The maximum atomic E-state index is 12.9. The molecular formula is C14H22ClNO3S. The molecule has 1 saturated heterocycles. The third kappa shape index (κ3) is 2.90. The second-order valence-corrected chi connectivity index (χ2v) is 7.74. The van der Waals surface area contributed by atoms with Crippen LogP contribution in [0.15, 0.2) is 9.31 Å². The van der Waals surface area contributed by atoms with Crippen molar-refractivity contribution in [3.05, 3.63) is 17.1 Å². The van der Waals surface area contributed by atoms with Crippen LogP contribution >= 0.6 is 11.6 Å². The minimum absolute atomic E-state index is 0.155. The molecule has 0 aliphatic carbocycles. The molecule has 0 aromatic carbocycles. The van der Waals surface area contributed by atoms with Crippen molar-refractivity contribution < 1.29 is 12.8 Å². The zero-order chi connectivity index (χ0) is 14.9. The van der Waals surface area contributed by atoms with E-state index in [2.05, 4.69) is 6.92 Å². The lowest BCUT2D eigenvalue weighted by atomic mass is 10.0. The average molecular weight is 320 g/mol. The molecule has 1 aromatic heterocycles. The number of sulfonamides is 1. The van der Waals surface area contributed by atoms with Crippen molar-refractivity contribution in [2.75, 3.05) is 13.1 Å². The highest BCUT2D eigenvalue weighted by molar-refractivity contribution is 7.89. The second kappa shape index (κ2) is 6.08. The minimum atomic E-state index is -3.51. The van der Waals surface area contributed by atoms with Gasteiger partial charge in [0, 0.05) is 18.7 Å². The Hall–Kier alpha value is -0.520. The molecule has 0 bridgehead atoms. The molecule has 1 unspecified atom stereocenters. The van der Waals surface area contributed by atoms with Gasteiger partial charge in [-0.05, 0) is 39.0 Å². The van der Waals surface area contributed by atoms with Gasteiger partial charge in [-0.3, -0.25) is 0 Å². The van der Waals surface area contributed by atoms with Gasteiger partial charge in [-0.25, -0.2) is 8.42 Å². The summed E-state index contributed by atoms with van der Waals surface area (Å²) in [6.07, 6.45) is 2.90. The van der Waals surface area contributed by atoms with Gasteiger partial charge in [0.15, 0.2) is 0 Å². The van der Waals surface area contributed by atoms with E-state index in [1.54, 1.807) is 18.2 Å². The molecule has 0 N–H and O–H groups in total. The van der Waals surface area contributed by atoms with Crippen LogP contribution in [0.5, 0.6) is 0 Å². The molecule has 1 aliphatic heterocycles. The SMILES string of the molecule is Cc1oc(C)c(S(=O)(=O)N2CCCC(C)CC2)c1CCl. The summed E-state index contributed by atoms with van der Waals surface area (Å²) in [4.78, 5) is 0.277. The summed E-state index contributed by atoms with van der Waals surface area (Å²) in [5.41, 5.74) is 0.599. The number of alkyl halides is 1. The second-order valence-electron chi connectivity index (χ2n) is 5.60. The van der Waals surface area contributed by atoms with Gasteiger partial charge in [0.25, 0.3) is 0 Å². The summed E-state index contributed by atoms with van der Waals surface area (Å²) in [6.45, 7) is 6.78. The molecule has 6 heteroatoms. The van der Waals surface area contributed by atoms with Crippen molar-refractivity contribution in [1.29, 1.82) is 0 Å². The number of hydrogen-bond acceptors (Lipinski definition) is 3. The van der Waals surface area contributed by atoms with Crippen molar-refractivity contribution >= 4 is 21.6 Å². The first kappa shape index (κ1) is 15.9. The van der Waals surface area contributed by atoms with Crippen LogP contribution in [0, 0.1) is 19.8 Å². The average Bonchev–Trinajstić information content (AvgIpc) is 2.54. The molecule has 1 atom stereocenters. The Balaban J connectivity index is 2.40. The first-order chi connectivity index (χ1) is 9.37. The Bertz CT molecular complexity index is 579. The van der Waals surface area contributed by atoms with Crippen molar-refractivity contribution in [2.45, 2.75) is 50.8 Å². The van der Waals surface area contributed by atoms with Gasteiger partial charge >= 0.3 is 0 Å². The highest BCUT2D eigenvalue weighted by Crippen LogP contribution is 2.31. The number of halogens is 1. The summed E-state index contributed by atoms with van der Waals surface area (Å²) in [5, 5.41) is 0. The number of furan rings is 1. The molecule has 1 fully saturated rings. The van der Waals surface area contributed by atoms with E-state index in [1.807, 2.05) is 0 Å². The molecule has 2 heterocycles. The van der Waals surface area contributed by atoms with Gasteiger partial charge in [0.1, 0.15) is 16.4 Å². The van der Waals surface area contributed by atoms with E-state index in [0.717, 1.165) is 19.3 Å². The van der Waals surface area contributed by atoms with E-state index >= 15 is 0 Å². The van der Waals surface area contributed by atoms with E-state index < -0.39 is 10.0 Å². The fraction of sp³-hybridized carbons (Fsp3) is 0.714. The van der Waals surface area contributed by atoms with Crippen LogP contribution in [0.25, 0.3) is 0 Å². The van der Waals surface area contributed by atoms with Gasteiger partial charge in [-0.15, -0.1) is 11.6 Å². The van der Waals surface area contributed by atoms with Crippen LogP contribution in [0.2, 0.25) is 0 Å². The highest BCUT2D eigenvalue weighted by atomic mass is 35.5. The molecule has 0 spiro atoms. The summed E-state index contributed by atoms with van der Waals surface area (Å²) in [6, 6.07) is 0. The molecule has 20 heavy (non-hydrogen) atoms. The molecule has 1 aliphatic rings. The first-order valence-electron chi connectivity index (χ1n) is 7.03.